The van der Waals surface area contributed by atoms with Crippen LogP contribution in [0.5, 0.6) is 0 Å². The van der Waals surface area contributed by atoms with E-state index in [-0.39, 0.29) is 23.8 Å². The average molecular weight is 405 g/mol. The number of rotatable bonds is 5. The first-order valence-electron chi connectivity index (χ1n) is 11.4. The van der Waals surface area contributed by atoms with Crippen LogP contribution in [0, 0.1) is 0 Å². The number of fused-ring (bicyclic) bond motifs is 1. The molecule has 1 unspecified atom stereocenters. The van der Waals surface area contributed by atoms with Gasteiger partial charge in [0.2, 0.25) is 5.91 Å². The summed E-state index contributed by atoms with van der Waals surface area (Å²) >= 11 is 0. The van der Waals surface area contributed by atoms with Crippen molar-refractivity contribution in [3.8, 4) is 0 Å². The van der Waals surface area contributed by atoms with Crippen molar-refractivity contribution in [3.05, 3.63) is 70.8 Å². The number of nitrogens with one attached hydrogen (secondary N) is 1. The lowest BCUT2D eigenvalue weighted by Crippen LogP contribution is -2.47. The van der Waals surface area contributed by atoms with Gasteiger partial charge >= 0.3 is 0 Å². The molecule has 1 N–H and O–H groups in total. The molecule has 158 valence electrons. The first-order valence-corrected chi connectivity index (χ1v) is 11.4. The predicted octanol–water partition coefficient (Wildman–Crippen LogP) is 4.48. The number of aryl methyl sites for hydroxylation is 2. The number of hydrogen-bond donors (Lipinski definition) is 1. The van der Waals surface area contributed by atoms with Crippen LogP contribution in [-0.4, -0.2) is 35.8 Å². The topological polar surface area (TPSA) is 49.4 Å². The Morgan fingerprint density at radius 1 is 1.00 bits per heavy atom. The van der Waals surface area contributed by atoms with E-state index in [1.165, 1.54) is 24.0 Å². The molecule has 0 spiro atoms. The maximum atomic E-state index is 13.1. The second-order valence-electron chi connectivity index (χ2n) is 8.64. The van der Waals surface area contributed by atoms with Gasteiger partial charge in [-0.1, -0.05) is 43.3 Å². The second-order valence-corrected chi connectivity index (χ2v) is 8.64. The molecule has 1 aliphatic heterocycles. The number of carbonyl (C=O) groups is 2. The van der Waals surface area contributed by atoms with Gasteiger partial charge in [-0.25, -0.2) is 0 Å². The summed E-state index contributed by atoms with van der Waals surface area (Å²) < 4.78 is 0. The maximum absolute atomic E-state index is 13.1. The maximum Gasteiger partial charge on any atom is 0.251 e. The van der Waals surface area contributed by atoms with Crippen LogP contribution >= 0.6 is 0 Å². The highest BCUT2D eigenvalue weighted by molar-refractivity contribution is 5.94. The quantitative estimate of drug-likeness (QED) is 0.799. The molecular weight excluding hydrogens is 372 g/mol. The van der Waals surface area contributed by atoms with Crippen LogP contribution < -0.4 is 5.32 Å². The average Bonchev–Trinajstić information content (AvgIpc) is 2.80. The zero-order valence-corrected chi connectivity index (χ0v) is 17.9. The van der Waals surface area contributed by atoms with E-state index < -0.39 is 0 Å². The number of nitrogens with zero attached hydrogens (tertiary/aromatic N) is 1. The number of hydrogen-bond acceptors (Lipinski definition) is 2. The van der Waals surface area contributed by atoms with Gasteiger partial charge < -0.3 is 10.2 Å². The Morgan fingerprint density at radius 2 is 1.70 bits per heavy atom. The Kier molecular flexibility index (Phi) is 6.51. The summed E-state index contributed by atoms with van der Waals surface area (Å²) in [5.41, 5.74) is 4.59. The molecule has 4 nitrogen and oxygen atoms in total. The molecule has 0 bridgehead atoms. The lowest BCUT2D eigenvalue weighted by atomic mass is 9.90. The summed E-state index contributed by atoms with van der Waals surface area (Å²) in [7, 11) is 0. The Morgan fingerprint density at radius 3 is 2.40 bits per heavy atom. The van der Waals surface area contributed by atoms with Gasteiger partial charge in [0.25, 0.3) is 5.91 Å². The van der Waals surface area contributed by atoms with E-state index in [0.717, 1.165) is 43.2 Å². The molecule has 4 heteroatoms. The van der Waals surface area contributed by atoms with Gasteiger partial charge in [0.05, 0.1) is 5.92 Å². The standard InChI is InChI=1S/C26H32N2O2/c1-2-24(20-9-4-3-5-10-20)26(30)28-16-14-23(15-17-28)27-25(29)22-13-12-19-8-6-7-11-21(19)18-22/h3-5,9-10,12-13,18,23-24H,2,6-8,11,14-17H2,1H3,(H,27,29). The SMILES string of the molecule is CCC(C(=O)N1CCC(NC(=O)c2ccc3c(c2)CCCC3)CC1)c1ccccc1. The number of carbonyl (C=O) groups excluding carboxylic acids is 2. The molecule has 0 saturated carbocycles. The monoisotopic (exact) mass is 404 g/mol. The fraction of sp³-hybridized carbons (Fsp3) is 0.462. The molecule has 0 aromatic heterocycles. The summed E-state index contributed by atoms with van der Waals surface area (Å²) in [4.78, 5) is 27.8. The van der Waals surface area contributed by atoms with E-state index in [2.05, 4.69) is 24.4 Å². The van der Waals surface area contributed by atoms with E-state index in [1.807, 2.05) is 41.3 Å². The van der Waals surface area contributed by atoms with Crippen LogP contribution in [0.1, 0.15) is 72.0 Å². The van der Waals surface area contributed by atoms with Crippen LogP contribution in [0.3, 0.4) is 0 Å². The second kappa shape index (κ2) is 9.46. The van der Waals surface area contributed by atoms with E-state index in [0.29, 0.717) is 13.1 Å². The molecular formula is C26H32N2O2. The van der Waals surface area contributed by atoms with Gasteiger partial charge in [0.1, 0.15) is 0 Å². The summed E-state index contributed by atoms with van der Waals surface area (Å²) in [6, 6.07) is 16.3. The van der Waals surface area contributed by atoms with Crippen molar-refractivity contribution in [2.45, 2.75) is 63.8 Å². The smallest absolute Gasteiger partial charge is 0.251 e. The van der Waals surface area contributed by atoms with Gasteiger partial charge in [-0.2, -0.15) is 0 Å². The number of amides is 2. The van der Waals surface area contributed by atoms with Gasteiger partial charge in [0, 0.05) is 24.7 Å². The third-order valence-electron chi connectivity index (χ3n) is 6.66. The van der Waals surface area contributed by atoms with Crippen LogP contribution in [0.15, 0.2) is 48.5 Å². The molecule has 1 aliphatic carbocycles. The van der Waals surface area contributed by atoms with E-state index in [9.17, 15) is 9.59 Å². The first-order chi connectivity index (χ1) is 14.7. The normalized spacial score (nSPS) is 17.8. The number of likely N-dealkylation sites (tertiary alicyclic amines) is 1. The van der Waals surface area contributed by atoms with Crippen molar-refractivity contribution in [2.24, 2.45) is 0 Å². The van der Waals surface area contributed by atoms with Crippen molar-refractivity contribution >= 4 is 11.8 Å². The molecule has 0 radical (unpaired) electrons. The van der Waals surface area contributed by atoms with E-state index in [1.54, 1.807) is 0 Å². The fourth-order valence-electron chi connectivity index (χ4n) is 4.85. The van der Waals surface area contributed by atoms with Crippen molar-refractivity contribution in [1.82, 2.24) is 10.2 Å². The third-order valence-corrected chi connectivity index (χ3v) is 6.66. The summed E-state index contributed by atoms with van der Waals surface area (Å²) in [6.45, 7) is 3.48. The fourth-order valence-corrected chi connectivity index (χ4v) is 4.85. The van der Waals surface area contributed by atoms with Crippen molar-refractivity contribution in [3.63, 3.8) is 0 Å². The summed E-state index contributed by atoms with van der Waals surface area (Å²) in [5, 5.41) is 3.20. The minimum atomic E-state index is -0.0761. The number of piperidine rings is 1. The van der Waals surface area contributed by atoms with Crippen molar-refractivity contribution in [1.29, 1.82) is 0 Å². The molecule has 2 aliphatic rings. The highest BCUT2D eigenvalue weighted by Crippen LogP contribution is 2.25. The largest absolute Gasteiger partial charge is 0.349 e. The summed E-state index contributed by atoms with van der Waals surface area (Å²) in [5.74, 6) is 0.153. The molecule has 2 aromatic rings. The Balaban J connectivity index is 1.32. The van der Waals surface area contributed by atoms with Gasteiger partial charge in [-0.3, -0.25) is 9.59 Å². The van der Waals surface area contributed by atoms with Gasteiger partial charge in [0.15, 0.2) is 0 Å². The molecule has 30 heavy (non-hydrogen) atoms. The lowest BCUT2D eigenvalue weighted by Gasteiger charge is -2.34. The molecule has 2 amide bonds. The van der Waals surface area contributed by atoms with Crippen LogP contribution in [-0.2, 0) is 17.6 Å². The van der Waals surface area contributed by atoms with Crippen molar-refractivity contribution < 1.29 is 9.59 Å². The van der Waals surface area contributed by atoms with Gasteiger partial charge in [-0.05, 0) is 73.8 Å². The molecule has 1 fully saturated rings. The minimum Gasteiger partial charge on any atom is -0.349 e. The van der Waals surface area contributed by atoms with E-state index in [4.69, 9.17) is 0 Å². The zero-order valence-electron chi connectivity index (χ0n) is 17.9. The Labute approximate surface area is 179 Å². The predicted molar refractivity (Wildman–Crippen MR) is 120 cm³/mol. The molecule has 1 saturated heterocycles. The Bertz CT molecular complexity index is 885. The highest BCUT2D eigenvalue weighted by Gasteiger charge is 2.29. The first kappa shape index (κ1) is 20.6. The Hall–Kier alpha value is -2.62. The molecule has 4 rings (SSSR count). The van der Waals surface area contributed by atoms with E-state index >= 15 is 0 Å². The molecule has 1 atom stereocenters. The summed E-state index contributed by atoms with van der Waals surface area (Å²) in [6.07, 6.45) is 7.10. The highest BCUT2D eigenvalue weighted by atomic mass is 16.2. The zero-order chi connectivity index (χ0) is 20.9. The van der Waals surface area contributed by atoms with Gasteiger partial charge in [-0.15, -0.1) is 0 Å². The minimum absolute atomic E-state index is 0.0175. The number of benzene rings is 2. The van der Waals surface area contributed by atoms with Crippen LogP contribution in [0.2, 0.25) is 0 Å². The van der Waals surface area contributed by atoms with Crippen molar-refractivity contribution in [2.75, 3.05) is 13.1 Å². The molecule has 1 heterocycles. The third kappa shape index (κ3) is 4.58. The van der Waals surface area contributed by atoms with Crippen LogP contribution in [0.25, 0.3) is 0 Å². The van der Waals surface area contributed by atoms with Crippen LogP contribution in [0.4, 0.5) is 0 Å². The lowest BCUT2D eigenvalue weighted by molar-refractivity contribution is -0.134. The molecule has 2 aromatic carbocycles.